The lowest BCUT2D eigenvalue weighted by atomic mass is 10.1. The molecule has 2 aromatic rings. The minimum absolute atomic E-state index is 0.0494. The largest absolute Gasteiger partial charge is 0.298 e. The molecule has 1 aromatic heterocycles. The summed E-state index contributed by atoms with van der Waals surface area (Å²) in [7, 11) is -3.85. The molecule has 0 saturated carbocycles. The van der Waals surface area contributed by atoms with E-state index in [1.807, 2.05) is 6.92 Å². The molecule has 130 valence electrons. The molecule has 0 saturated heterocycles. The molecule has 0 radical (unpaired) electrons. The van der Waals surface area contributed by atoms with Crippen molar-refractivity contribution < 1.29 is 13.2 Å². The van der Waals surface area contributed by atoms with Crippen LogP contribution >= 0.6 is 22.9 Å². The number of halogens is 1. The maximum Gasteiger partial charge on any atom is 0.257 e. The first-order valence-electron chi connectivity index (χ1n) is 7.05. The number of carbonyl (C=O) groups excluding carboxylic acids is 1. The topological polar surface area (TPSA) is 88.2 Å². The fraction of sp³-hybridized carbons (Fsp3) is 0.333. The predicted molar refractivity (Wildman–Crippen MR) is 96.3 cm³/mol. The second-order valence-electron chi connectivity index (χ2n) is 6.23. The van der Waals surface area contributed by atoms with Crippen molar-refractivity contribution in [3.05, 3.63) is 39.9 Å². The highest BCUT2D eigenvalue weighted by Gasteiger charge is 2.25. The van der Waals surface area contributed by atoms with E-state index in [2.05, 4.69) is 15.0 Å². The highest BCUT2D eigenvalue weighted by atomic mass is 35.5. The number of anilines is 1. The minimum atomic E-state index is -3.85. The molecule has 0 bridgehead atoms. The van der Waals surface area contributed by atoms with Crippen molar-refractivity contribution in [2.75, 3.05) is 5.32 Å². The van der Waals surface area contributed by atoms with Gasteiger partial charge >= 0.3 is 0 Å². The van der Waals surface area contributed by atoms with E-state index in [0.29, 0.717) is 5.13 Å². The molecule has 0 atom stereocenters. The number of sulfonamides is 1. The Morgan fingerprint density at radius 3 is 2.50 bits per heavy atom. The smallest absolute Gasteiger partial charge is 0.257 e. The monoisotopic (exact) mass is 387 g/mol. The fourth-order valence-electron chi connectivity index (χ4n) is 1.89. The summed E-state index contributed by atoms with van der Waals surface area (Å²) in [6.07, 6.45) is 1.64. The van der Waals surface area contributed by atoms with Gasteiger partial charge in [0.2, 0.25) is 10.0 Å². The van der Waals surface area contributed by atoms with Crippen molar-refractivity contribution in [3.63, 3.8) is 0 Å². The van der Waals surface area contributed by atoms with Crippen LogP contribution < -0.4 is 10.0 Å². The Morgan fingerprint density at radius 2 is 1.96 bits per heavy atom. The fourth-order valence-corrected chi connectivity index (χ4v) is 4.50. The van der Waals surface area contributed by atoms with E-state index in [1.165, 1.54) is 29.5 Å². The van der Waals surface area contributed by atoms with E-state index >= 15 is 0 Å². The van der Waals surface area contributed by atoms with Gasteiger partial charge in [-0.25, -0.2) is 18.1 Å². The Balaban J connectivity index is 2.33. The summed E-state index contributed by atoms with van der Waals surface area (Å²) in [4.78, 5) is 17.2. The van der Waals surface area contributed by atoms with E-state index in [0.717, 1.165) is 4.88 Å². The van der Waals surface area contributed by atoms with Crippen molar-refractivity contribution in [2.45, 2.75) is 38.1 Å². The van der Waals surface area contributed by atoms with Crippen molar-refractivity contribution >= 4 is 44.0 Å². The summed E-state index contributed by atoms with van der Waals surface area (Å²) in [5.74, 6) is -0.451. The number of thiazole rings is 1. The maximum atomic E-state index is 12.5. The van der Waals surface area contributed by atoms with Gasteiger partial charge in [-0.05, 0) is 45.9 Å². The third kappa shape index (κ3) is 4.76. The molecule has 0 aliphatic heterocycles. The van der Waals surface area contributed by atoms with Crippen LogP contribution in [0.5, 0.6) is 0 Å². The average Bonchev–Trinajstić information content (AvgIpc) is 2.81. The lowest BCUT2D eigenvalue weighted by molar-refractivity contribution is 0.102. The van der Waals surface area contributed by atoms with Gasteiger partial charge in [-0.15, -0.1) is 11.3 Å². The third-order valence-electron chi connectivity index (χ3n) is 2.77. The summed E-state index contributed by atoms with van der Waals surface area (Å²) in [6.45, 7) is 7.04. The maximum absolute atomic E-state index is 12.5. The molecule has 24 heavy (non-hydrogen) atoms. The van der Waals surface area contributed by atoms with Gasteiger partial charge in [0.25, 0.3) is 5.91 Å². The summed E-state index contributed by atoms with van der Waals surface area (Å²) < 4.78 is 27.5. The zero-order valence-electron chi connectivity index (χ0n) is 13.7. The number of nitrogens with zero attached hydrogens (tertiary/aromatic N) is 1. The molecule has 2 N–H and O–H groups in total. The number of hydrogen-bond acceptors (Lipinski definition) is 5. The van der Waals surface area contributed by atoms with E-state index < -0.39 is 21.5 Å². The van der Waals surface area contributed by atoms with Crippen LogP contribution in [0.2, 0.25) is 5.02 Å². The third-order valence-corrected chi connectivity index (χ3v) is 5.83. The number of hydrogen-bond donors (Lipinski definition) is 2. The number of benzene rings is 1. The van der Waals surface area contributed by atoms with Gasteiger partial charge in [0.15, 0.2) is 5.13 Å². The molecule has 0 spiro atoms. The first-order chi connectivity index (χ1) is 11.0. The Labute approximate surface area is 150 Å². The first-order valence-corrected chi connectivity index (χ1v) is 9.73. The molecule has 6 nitrogen and oxygen atoms in total. The van der Waals surface area contributed by atoms with Crippen LogP contribution in [-0.2, 0) is 10.0 Å². The standard InChI is InChI=1S/C15H18ClN3O3S2/c1-9-8-17-14(23-9)18-13(20)10-5-6-11(16)12(7-10)24(21,22)19-15(2,3)4/h5-8,19H,1-4H3,(H,17,18,20). The Morgan fingerprint density at radius 1 is 1.29 bits per heavy atom. The van der Waals surface area contributed by atoms with Gasteiger partial charge in [-0.2, -0.15) is 0 Å². The zero-order valence-corrected chi connectivity index (χ0v) is 16.1. The summed E-state index contributed by atoms with van der Waals surface area (Å²) in [6, 6.07) is 4.11. The van der Waals surface area contributed by atoms with Crippen LogP contribution in [0.1, 0.15) is 36.0 Å². The van der Waals surface area contributed by atoms with Gasteiger partial charge in [0.05, 0.1) is 5.02 Å². The average molecular weight is 388 g/mol. The van der Waals surface area contributed by atoms with Crippen molar-refractivity contribution in [1.82, 2.24) is 9.71 Å². The van der Waals surface area contributed by atoms with Crippen molar-refractivity contribution in [2.24, 2.45) is 0 Å². The van der Waals surface area contributed by atoms with Crippen LogP contribution in [0, 0.1) is 6.92 Å². The molecule has 0 fully saturated rings. The zero-order chi connectivity index (χ0) is 18.1. The second kappa shape index (κ2) is 6.79. The molecule has 2 rings (SSSR count). The molecule has 9 heteroatoms. The molecule has 1 aromatic carbocycles. The molecule has 1 amide bonds. The van der Waals surface area contributed by atoms with Gasteiger partial charge < -0.3 is 0 Å². The number of amides is 1. The summed E-state index contributed by atoms with van der Waals surface area (Å²) >= 11 is 7.35. The van der Waals surface area contributed by atoms with Crippen molar-refractivity contribution in [3.8, 4) is 0 Å². The van der Waals surface area contributed by atoms with Crippen LogP contribution in [0.4, 0.5) is 5.13 Å². The Kier molecular flexibility index (Phi) is 5.34. The minimum Gasteiger partial charge on any atom is -0.298 e. The number of carbonyl (C=O) groups is 1. The van der Waals surface area contributed by atoms with Gasteiger partial charge in [0, 0.05) is 22.2 Å². The van der Waals surface area contributed by atoms with Crippen LogP contribution in [0.25, 0.3) is 0 Å². The van der Waals surface area contributed by atoms with Crippen LogP contribution in [0.15, 0.2) is 29.3 Å². The molecule has 0 unspecified atom stereocenters. The van der Waals surface area contributed by atoms with Gasteiger partial charge in [-0.1, -0.05) is 11.6 Å². The Bertz CT molecular complexity index is 870. The molecule has 1 heterocycles. The van der Waals surface area contributed by atoms with E-state index in [-0.39, 0.29) is 15.5 Å². The van der Waals surface area contributed by atoms with Crippen LogP contribution in [-0.4, -0.2) is 24.8 Å². The lowest BCUT2D eigenvalue weighted by Gasteiger charge is -2.21. The normalized spacial score (nSPS) is 12.2. The summed E-state index contributed by atoms with van der Waals surface area (Å²) in [5, 5.41) is 3.13. The van der Waals surface area contributed by atoms with E-state index in [4.69, 9.17) is 11.6 Å². The number of aromatic nitrogens is 1. The van der Waals surface area contributed by atoms with Gasteiger partial charge in [0.1, 0.15) is 4.90 Å². The number of rotatable bonds is 4. The molecular weight excluding hydrogens is 370 g/mol. The molecule has 0 aliphatic carbocycles. The first kappa shape index (κ1) is 18.9. The highest BCUT2D eigenvalue weighted by molar-refractivity contribution is 7.89. The predicted octanol–water partition coefficient (Wildman–Crippen LogP) is 3.43. The summed E-state index contributed by atoms with van der Waals surface area (Å²) in [5.41, 5.74) is -0.486. The van der Waals surface area contributed by atoms with E-state index in [1.54, 1.807) is 27.0 Å². The van der Waals surface area contributed by atoms with Crippen molar-refractivity contribution in [1.29, 1.82) is 0 Å². The SMILES string of the molecule is Cc1cnc(NC(=O)c2ccc(Cl)c(S(=O)(=O)NC(C)(C)C)c2)s1. The second-order valence-corrected chi connectivity index (χ2v) is 9.52. The van der Waals surface area contributed by atoms with Gasteiger partial charge in [-0.3, -0.25) is 10.1 Å². The lowest BCUT2D eigenvalue weighted by Crippen LogP contribution is -2.40. The molecular formula is C15H18ClN3O3S2. The number of nitrogens with one attached hydrogen (secondary N) is 2. The van der Waals surface area contributed by atoms with E-state index in [9.17, 15) is 13.2 Å². The number of aryl methyl sites for hydroxylation is 1. The van der Waals surface area contributed by atoms with Crippen LogP contribution in [0.3, 0.4) is 0 Å². The highest BCUT2D eigenvalue weighted by Crippen LogP contribution is 2.25. The quantitative estimate of drug-likeness (QED) is 0.841. The molecule has 0 aliphatic rings. The Hall–Kier alpha value is -1.48.